The number of thioether (sulfide) groups is 1. The van der Waals surface area contributed by atoms with Crippen LogP contribution in [0, 0.1) is 13.8 Å². The Labute approximate surface area is 122 Å². The third-order valence-corrected chi connectivity index (χ3v) is 4.59. The number of rotatable bonds is 3. The van der Waals surface area contributed by atoms with Crippen LogP contribution in [0.1, 0.15) is 17.5 Å². The van der Waals surface area contributed by atoms with Crippen molar-refractivity contribution in [2.75, 3.05) is 6.61 Å². The number of carbonyl (C=O) groups excluding carboxylic acids is 1. The molecule has 0 N–H and O–H groups in total. The molecule has 0 amide bonds. The number of cyclic esters (lactones) is 1. The lowest BCUT2D eigenvalue weighted by atomic mass is 10.1. The van der Waals surface area contributed by atoms with Crippen molar-refractivity contribution in [2.24, 2.45) is 0 Å². The van der Waals surface area contributed by atoms with Crippen molar-refractivity contribution in [3.8, 4) is 5.69 Å². The van der Waals surface area contributed by atoms with Gasteiger partial charge in [0.15, 0.2) is 5.16 Å². The van der Waals surface area contributed by atoms with E-state index in [4.69, 9.17) is 4.74 Å². The second kappa shape index (κ2) is 5.32. The Hall–Kier alpha value is -1.75. The Morgan fingerprint density at radius 2 is 2.25 bits per heavy atom. The molecule has 0 bridgehead atoms. The van der Waals surface area contributed by atoms with Gasteiger partial charge in [0.1, 0.15) is 5.25 Å². The fourth-order valence-corrected chi connectivity index (χ4v) is 3.28. The SMILES string of the molecule is Cc1ccc(C)c(-n2ccnc2S[C@@H]2CCOC2=O)c1. The maximum atomic E-state index is 11.6. The van der Waals surface area contributed by atoms with Crippen LogP contribution in [0.5, 0.6) is 0 Å². The van der Waals surface area contributed by atoms with Crippen LogP contribution in [0.3, 0.4) is 0 Å². The Bertz CT molecular complexity index is 651. The number of hydrogen-bond donors (Lipinski definition) is 0. The smallest absolute Gasteiger partial charge is 0.319 e. The molecule has 0 aliphatic carbocycles. The maximum Gasteiger partial charge on any atom is 0.319 e. The maximum absolute atomic E-state index is 11.6. The fraction of sp³-hybridized carbons (Fsp3) is 0.333. The van der Waals surface area contributed by atoms with Crippen LogP contribution in [0.4, 0.5) is 0 Å². The molecule has 1 saturated heterocycles. The first-order chi connectivity index (χ1) is 9.65. The summed E-state index contributed by atoms with van der Waals surface area (Å²) < 4.78 is 7.05. The second-order valence-corrected chi connectivity index (χ2v) is 6.10. The van der Waals surface area contributed by atoms with Gasteiger partial charge < -0.3 is 4.74 Å². The summed E-state index contributed by atoms with van der Waals surface area (Å²) in [6.45, 7) is 4.66. The largest absolute Gasteiger partial charge is 0.465 e. The van der Waals surface area contributed by atoms with Crippen molar-refractivity contribution in [1.82, 2.24) is 9.55 Å². The van der Waals surface area contributed by atoms with Crippen molar-refractivity contribution >= 4 is 17.7 Å². The molecular weight excluding hydrogens is 272 g/mol. The highest BCUT2D eigenvalue weighted by atomic mass is 32.2. The molecule has 3 rings (SSSR count). The van der Waals surface area contributed by atoms with Gasteiger partial charge in [-0.15, -0.1) is 0 Å². The molecule has 0 spiro atoms. The molecule has 0 saturated carbocycles. The number of ether oxygens (including phenoxy) is 1. The van der Waals surface area contributed by atoms with E-state index < -0.39 is 0 Å². The molecule has 1 atom stereocenters. The molecule has 1 fully saturated rings. The molecule has 1 aliphatic heterocycles. The summed E-state index contributed by atoms with van der Waals surface area (Å²) in [5, 5.41) is 0.698. The Balaban J connectivity index is 1.93. The summed E-state index contributed by atoms with van der Waals surface area (Å²) in [5.41, 5.74) is 3.50. The first kappa shape index (κ1) is 13.2. The van der Waals surface area contributed by atoms with E-state index in [-0.39, 0.29) is 11.2 Å². The summed E-state index contributed by atoms with van der Waals surface area (Å²) in [7, 11) is 0. The predicted octanol–water partition coefficient (Wildman–Crippen LogP) is 2.90. The van der Waals surface area contributed by atoms with Gasteiger partial charge in [-0.1, -0.05) is 23.9 Å². The van der Waals surface area contributed by atoms with Gasteiger partial charge in [-0.2, -0.15) is 0 Å². The first-order valence-corrected chi connectivity index (χ1v) is 7.47. The third-order valence-electron chi connectivity index (χ3n) is 3.37. The highest BCUT2D eigenvalue weighted by Crippen LogP contribution is 2.30. The van der Waals surface area contributed by atoms with Gasteiger partial charge >= 0.3 is 5.97 Å². The van der Waals surface area contributed by atoms with E-state index in [0.29, 0.717) is 6.61 Å². The first-order valence-electron chi connectivity index (χ1n) is 6.59. The highest BCUT2D eigenvalue weighted by Gasteiger charge is 2.29. The van der Waals surface area contributed by atoms with Gasteiger partial charge in [-0.05, 0) is 31.0 Å². The van der Waals surface area contributed by atoms with Gasteiger partial charge in [0, 0.05) is 18.8 Å². The standard InChI is InChI=1S/C15H16N2O2S/c1-10-3-4-11(2)12(9-10)17-7-6-16-15(17)20-13-5-8-19-14(13)18/h3-4,6-7,9,13H,5,8H2,1-2H3/t13-/m1/s1. The number of benzene rings is 1. The van der Waals surface area contributed by atoms with Gasteiger partial charge in [0.05, 0.1) is 12.3 Å². The van der Waals surface area contributed by atoms with Gasteiger partial charge in [-0.25, -0.2) is 4.98 Å². The normalized spacial score (nSPS) is 18.3. The molecule has 5 heteroatoms. The van der Waals surface area contributed by atoms with Crippen molar-refractivity contribution in [3.05, 3.63) is 41.7 Å². The quantitative estimate of drug-likeness (QED) is 0.815. The van der Waals surface area contributed by atoms with E-state index in [1.165, 1.54) is 22.9 Å². The topological polar surface area (TPSA) is 44.1 Å². The number of imidazole rings is 1. The lowest BCUT2D eigenvalue weighted by molar-refractivity contribution is -0.137. The minimum absolute atomic E-state index is 0.134. The molecule has 104 valence electrons. The number of hydrogen-bond acceptors (Lipinski definition) is 4. The molecule has 1 aromatic heterocycles. The zero-order valence-electron chi connectivity index (χ0n) is 11.5. The predicted molar refractivity (Wildman–Crippen MR) is 78.3 cm³/mol. The fourth-order valence-electron chi connectivity index (χ4n) is 2.25. The number of aryl methyl sites for hydroxylation is 2. The van der Waals surface area contributed by atoms with Crippen molar-refractivity contribution in [3.63, 3.8) is 0 Å². The Kier molecular flexibility index (Phi) is 3.53. The molecule has 1 aromatic carbocycles. The summed E-state index contributed by atoms with van der Waals surface area (Å²) in [5.74, 6) is -0.134. The molecule has 0 radical (unpaired) electrons. The molecule has 20 heavy (non-hydrogen) atoms. The molecule has 0 unspecified atom stereocenters. The average molecular weight is 288 g/mol. The monoisotopic (exact) mass is 288 g/mol. The lowest BCUT2D eigenvalue weighted by Crippen LogP contribution is -2.11. The van der Waals surface area contributed by atoms with Crippen LogP contribution in [0.2, 0.25) is 0 Å². The number of aromatic nitrogens is 2. The number of esters is 1. The van der Waals surface area contributed by atoms with Gasteiger partial charge in [-0.3, -0.25) is 9.36 Å². The van der Waals surface area contributed by atoms with Gasteiger partial charge in [0.2, 0.25) is 0 Å². The van der Waals surface area contributed by atoms with E-state index >= 15 is 0 Å². The van der Waals surface area contributed by atoms with Crippen LogP contribution in [0.25, 0.3) is 5.69 Å². The Morgan fingerprint density at radius 3 is 3.00 bits per heavy atom. The molecule has 2 aromatic rings. The van der Waals surface area contributed by atoms with Crippen LogP contribution in [-0.4, -0.2) is 27.4 Å². The number of nitrogens with zero attached hydrogens (tertiary/aromatic N) is 2. The summed E-state index contributed by atoms with van der Waals surface area (Å²) >= 11 is 1.48. The summed E-state index contributed by atoms with van der Waals surface area (Å²) in [6.07, 6.45) is 4.46. The zero-order chi connectivity index (χ0) is 14.1. The minimum Gasteiger partial charge on any atom is -0.465 e. The van der Waals surface area contributed by atoms with E-state index in [1.807, 2.05) is 10.8 Å². The van der Waals surface area contributed by atoms with Crippen molar-refractivity contribution in [2.45, 2.75) is 30.7 Å². The van der Waals surface area contributed by atoms with Gasteiger partial charge in [0.25, 0.3) is 0 Å². The summed E-state index contributed by atoms with van der Waals surface area (Å²) in [4.78, 5) is 16.0. The van der Waals surface area contributed by atoms with E-state index in [2.05, 4.69) is 37.0 Å². The molecule has 4 nitrogen and oxygen atoms in total. The van der Waals surface area contributed by atoms with Crippen LogP contribution in [-0.2, 0) is 9.53 Å². The highest BCUT2D eigenvalue weighted by molar-refractivity contribution is 8.00. The van der Waals surface area contributed by atoms with E-state index in [1.54, 1.807) is 6.20 Å². The van der Waals surface area contributed by atoms with Crippen LogP contribution in [0.15, 0.2) is 35.7 Å². The average Bonchev–Trinajstić information content (AvgIpc) is 3.03. The lowest BCUT2D eigenvalue weighted by Gasteiger charge is -2.12. The summed E-state index contributed by atoms with van der Waals surface area (Å²) in [6, 6.07) is 6.33. The van der Waals surface area contributed by atoms with E-state index in [0.717, 1.165) is 17.3 Å². The number of carbonyl (C=O) groups is 1. The third kappa shape index (κ3) is 2.45. The zero-order valence-corrected chi connectivity index (χ0v) is 12.3. The second-order valence-electron chi connectivity index (χ2n) is 4.93. The Morgan fingerprint density at radius 1 is 1.40 bits per heavy atom. The molecular formula is C15H16N2O2S. The molecule has 2 heterocycles. The van der Waals surface area contributed by atoms with Crippen LogP contribution >= 0.6 is 11.8 Å². The van der Waals surface area contributed by atoms with Crippen molar-refractivity contribution < 1.29 is 9.53 Å². The van der Waals surface area contributed by atoms with Crippen LogP contribution < -0.4 is 0 Å². The van der Waals surface area contributed by atoms with E-state index in [9.17, 15) is 4.79 Å². The van der Waals surface area contributed by atoms with Crippen molar-refractivity contribution in [1.29, 1.82) is 0 Å². The molecule has 1 aliphatic rings. The minimum atomic E-state index is -0.138.